The summed E-state index contributed by atoms with van der Waals surface area (Å²) in [5.41, 5.74) is 4.05. The first-order valence-corrected chi connectivity index (χ1v) is 6.18. The Labute approximate surface area is 105 Å². The molecule has 0 aliphatic heterocycles. The maximum atomic E-state index is 5.08. The summed E-state index contributed by atoms with van der Waals surface area (Å²) in [4.78, 5) is 0. The van der Waals surface area contributed by atoms with Gasteiger partial charge in [-0.25, -0.2) is 0 Å². The van der Waals surface area contributed by atoms with Gasteiger partial charge in [0.1, 0.15) is 0 Å². The SMILES string of the molecule is C=COCCCNC(C)c1ccc(C)c(C)c1. The molecule has 2 heteroatoms. The molecule has 0 radical (unpaired) electrons. The quantitative estimate of drug-likeness (QED) is 0.575. The fraction of sp³-hybridized carbons (Fsp3) is 0.467. The van der Waals surface area contributed by atoms with Gasteiger partial charge in [0.2, 0.25) is 0 Å². The number of aryl methyl sites for hydroxylation is 2. The molecule has 1 aromatic rings. The molecule has 0 saturated heterocycles. The molecule has 0 bridgehead atoms. The molecular formula is C15H23NO. The van der Waals surface area contributed by atoms with E-state index in [1.807, 2.05) is 0 Å². The predicted molar refractivity (Wildman–Crippen MR) is 73.1 cm³/mol. The van der Waals surface area contributed by atoms with Crippen LogP contribution < -0.4 is 5.32 Å². The van der Waals surface area contributed by atoms with Crippen molar-refractivity contribution in [1.29, 1.82) is 0 Å². The predicted octanol–water partition coefficient (Wildman–Crippen LogP) is 3.50. The Morgan fingerprint density at radius 3 is 2.76 bits per heavy atom. The Kier molecular flexibility index (Phi) is 5.78. The monoisotopic (exact) mass is 233 g/mol. The van der Waals surface area contributed by atoms with Gasteiger partial charge in [0, 0.05) is 6.04 Å². The number of rotatable bonds is 7. The van der Waals surface area contributed by atoms with Crippen molar-refractivity contribution >= 4 is 0 Å². The van der Waals surface area contributed by atoms with Crippen LogP contribution in [0, 0.1) is 13.8 Å². The third kappa shape index (κ3) is 4.61. The van der Waals surface area contributed by atoms with E-state index in [1.54, 1.807) is 0 Å². The van der Waals surface area contributed by atoms with Gasteiger partial charge < -0.3 is 10.1 Å². The van der Waals surface area contributed by atoms with Gasteiger partial charge >= 0.3 is 0 Å². The molecule has 0 aliphatic carbocycles. The van der Waals surface area contributed by atoms with Crippen molar-refractivity contribution in [3.63, 3.8) is 0 Å². The lowest BCUT2D eigenvalue weighted by atomic mass is 10.0. The Balaban J connectivity index is 2.38. The van der Waals surface area contributed by atoms with Crippen molar-refractivity contribution in [2.45, 2.75) is 33.2 Å². The number of benzene rings is 1. The first-order chi connectivity index (χ1) is 8.15. The fourth-order valence-electron chi connectivity index (χ4n) is 1.71. The minimum Gasteiger partial charge on any atom is -0.502 e. The van der Waals surface area contributed by atoms with Crippen LogP contribution in [0.15, 0.2) is 31.0 Å². The molecule has 0 fully saturated rings. The van der Waals surface area contributed by atoms with E-state index in [2.05, 4.69) is 50.9 Å². The lowest BCUT2D eigenvalue weighted by Crippen LogP contribution is -2.20. The standard InChI is InChI=1S/C15H23NO/c1-5-17-10-6-9-16-14(4)15-8-7-12(2)13(3)11-15/h5,7-8,11,14,16H,1,6,9-10H2,2-4H3. The molecule has 1 atom stereocenters. The Bertz CT molecular complexity index is 360. The molecule has 0 aromatic heterocycles. The largest absolute Gasteiger partial charge is 0.502 e. The molecule has 17 heavy (non-hydrogen) atoms. The van der Waals surface area contributed by atoms with Crippen LogP contribution in [0.3, 0.4) is 0 Å². The summed E-state index contributed by atoms with van der Waals surface area (Å²) < 4.78 is 5.08. The van der Waals surface area contributed by atoms with Crippen molar-refractivity contribution in [3.8, 4) is 0 Å². The van der Waals surface area contributed by atoms with Crippen molar-refractivity contribution in [3.05, 3.63) is 47.7 Å². The molecule has 2 nitrogen and oxygen atoms in total. The highest BCUT2D eigenvalue weighted by Crippen LogP contribution is 2.16. The number of hydrogen-bond donors (Lipinski definition) is 1. The van der Waals surface area contributed by atoms with Crippen molar-refractivity contribution < 1.29 is 4.74 Å². The smallest absolute Gasteiger partial charge is 0.0885 e. The maximum Gasteiger partial charge on any atom is 0.0885 e. The maximum absolute atomic E-state index is 5.08. The van der Waals surface area contributed by atoms with Crippen LogP contribution in [0.4, 0.5) is 0 Å². The Morgan fingerprint density at radius 2 is 2.12 bits per heavy atom. The van der Waals surface area contributed by atoms with E-state index in [-0.39, 0.29) is 0 Å². The van der Waals surface area contributed by atoms with E-state index in [9.17, 15) is 0 Å². The minimum atomic E-state index is 0.387. The van der Waals surface area contributed by atoms with Crippen molar-refractivity contribution in [1.82, 2.24) is 5.32 Å². The van der Waals surface area contributed by atoms with E-state index in [4.69, 9.17) is 4.74 Å². The second-order valence-electron chi connectivity index (χ2n) is 4.41. The van der Waals surface area contributed by atoms with E-state index >= 15 is 0 Å². The fourth-order valence-corrected chi connectivity index (χ4v) is 1.71. The lowest BCUT2D eigenvalue weighted by molar-refractivity contribution is 0.243. The van der Waals surface area contributed by atoms with Crippen LogP contribution in [0.1, 0.15) is 36.1 Å². The zero-order valence-electron chi connectivity index (χ0n) is 11.1. The second-order valence-corrected chi connectivity index (χ2v) is 4.41. The van der Waals surface area contributed by atoms with Gasteiger partial charge in [-0.1, -0.05) is 24.8 Å². The molecule has 0 aliphatic rings. The van der Waals surface area contributed by atoms with Gasteiger partial charge in [-0.05, 0) is 50.4 Å². The van der Waals surface area contributed by atoms with Gasteiger partial charge in [-0.3, -0.25) is 0 Å². The summed E-state index contributed by atoms with van der Waals surface area (Å²) in [7, 11) is 0. The highest BCUT2D eigenvalue weighted by Gasteiger charge is 2.05. The molecule has 0 spiro atoms. The van der Waals surface area contributed by atoms with Crippen molar-refractivity contribution in [2.75, 3.05) is 13.2 Å². The third-order valence-corrected chi connectivity index (χ3v) is 3.04. The van der Waals surface area contributed by atoms with Crippen LogP contribution >= 0.6 is 0 Å². The molecule has 0 saturated carbocycles. The van der Waals surface area contributed by atoms with Gasteiger partial charge in [0.25, 0.3) is 0 Å². The van der Waals surface area contributed by atoms with Crippen LogP contribution in [0.2, 0.25) is 0 Å². The second kappa shape index (κ2) is 7.13. The number of nitrogens with one attached hydrogen (secondary N) is 1. The van der Waals surface area contributed by atoms with Crippen LogP contribution in [-0.4, -0.2) is 13.2 Å². The topological polar surface area (TPSA) is 21.3 Å². The molecule has 1 N–H and O–H groups in total. The first kappa shape index (κ1) is 13.8. The van der Waals surface area contributed by atoms with Gasteiger partial charge in [-0.2, -0.15) is 0 Å². The first-order valence-electron chi connectivity index (χ1n) is 6.18. The Morgan fingerprint density at radius 1 is 1.35 bits per heavy atom. The van der Waals surface area contributed by atoms with E-state index < -0.39 is 0 Å². The minimum absolute atomic E-state index is 0.387. The van der Waals surface area contributed by atoms with Crippen LogP contribution in [0.5, 0.6) is 0 Å². The van der Waals surface area contributed by atoms with Gasteiger partial charge in [0.05, 0.1) is 12.9 Å². The molecule has 1 aromatic carbocycles. The molecule has 1 rings (SSSR count). The zero-order valence-corrected chi connectivity index (χ0v) is 11.1. The zero-order chi connectivity index (χ0) is 12.7. The molecule has 94 valence electrons. The van der Waals surface area contributed by atoms with Crippen molar-refractivity contribution in [2.24, 2.45) is 0 Å². The normalized spacial score (nSPS) is 12.2. The van der Waals surface area contributed by atoms with E-state index in [0.29, 0.717) is 6.04 Å². The summed E-state index contributed by atoms with van der Waals surface area (Å²) in [6.45, 7) is 11.7. The summed E-state index contributed by atoms with van der Waals surface area (Å²) in [5.74, 6) is 0. The van der Waals surface area contributed by atoms with Gasteiger partial charge in [0.15, 0.2) is 0 Å². The molecule has 0 heterocycles. The van der Waals surface area contributed by atoms with Crippen LogP contribution in [-0.2, 0) is 4.74 Å². The molecule has 1 unspecified atom stereocenters. The third-order valence-electron chi connectivity index (χ3n) is 3.04. The van der Waals surface area contributed by atoms with Gasteiger partial charge in [-0.15, -0.1) is 0 Å². The average molecular weight is 233 g/mol. The molecular weight excluding hydrogens is 210 g/mol. The van der Waals surface area contributed by atoms with Crippen LogP contribution in [0.25, 0.3) is 0 Å². The molecule has 0 amide bonds. The number of hydrogen-bond acceptors (Lipinski definition) is 2. The summed E-state index contributed by atoms with van der Waals surface area (Å²) in [6, 6.07) is 7.02. The van der Waals surface area contributed by atoms with E-state index in [1.165, 1.54) is 23.0 Å². The summed E-state index contributed by atoms with van der Waals surface area (Å²) in [6.07, 6.45) is 2.49. The Hall–Kier alpha value is -1.28. The highest BCUT2D eigenvalue weighted by atomic mass is 16.5. The number of ether oxygens (including phenoxy) is 1. The average Bonchev–Trinajstić information content (AvgIpc) is 2.32. The summed E-state index contributed by atoms with van der Waals surface area (Å²) >= 11 is 0. The summed E-state index contributed by atoms with van der Waals surface area (Å²) in [5, 5.41) is 3.49. The highest BCUT2D eigenvalue weighted by molar-refractivity contribution is 5.31. The van der Waals surface area contributed by atoms with E-state index in [0.717, 1.165) is 19.6 Å². The lowest BCUT2D eigenvalue weighted by Gasteiger charge is -2.15.